The van der Waals surface area contributed by atoms with Gasteiger partial charge in [-0.1, -0.05) is 0 Å². The smallest absolute Gasteiger partial charge is 0.140 e. The van der Waals surface area contributed by atoms with Crippen LogP contribution < -0.4 is 5.32 Å². The number of thioether (sulfide) groups is 1. The molecule has 1 heterocycles. The van der Waals surface area contributed by atoms with Gasteiger partial charge in [-0.25, -0.2) is 4.98 Å². The predicted octanol–water partition coefficient (Wildman–Crippen LogP) is 2.26. The standard InChI is InChI=1S/C11H13N3S/c1-15-11(4-5-11)8-14-10-3-2-9(6-12)13-7-10/h2-3,7,14H,4-5,8H2,1H3. The Bertz CT molecular complexity index is 376. The highest BCUT2D eigenvalue weighted by atomic mass is 32.2. The summed E-state index contributed by atoms with van der Waals surface area (Å²) in [5.74, 6) is 0. The van der Waals surface area contributed by atoms with Gasteiger partial charge < -0.3 is 5.32 Å². The third-order valence-corrected chi connectivity index (χ3v) is 4.15. The summed E-state index contributed by atoms with van der Waals surface area (Å²) >= 11 is 1.93. The van der Waals surface area contributed by atoms with Crippen LogP contribution in [0.2, 0.25) is 0 Å². The minimum atomic E-state index is 0.452. The minimum Gasteiger partial charge on any atom is -0.382 e. The van der Waals surface area contributed by atoms with Crippen LogP contribution in [0.3, 0.4) is 0 Å². The van der Waals surface area contributed by atoms with Gasteiger partial charge in [-0.2, -0.15) is 17.0 Å². The number of hydrogen-bond acceptors (Lipinski definition) is 4. The van der Waals surface area contributed by atoms with Crippen molar-refractivity contribution < 1.29 is 0 Å². The largest absolute Gasteiger partial charge is 0.382 e. The normalized spacial score (nSPS) is 16.8. The third kappa shape index (κ3) is 2.42. The summed E-state index contributed by atoms with van der Waals surface area (Å²) < 4.78 is 0.452. The van der Waals surface area contributed by atoms with Crippen LogP contribution in [0.1, 0.15) is 18.5 Å². The molecule has 1 N–H and O–H groups in total. The maximum atomic E-state index is 8.60. The second-order valence-electron chi connectivity index (χ2n) is 3.78. The van der Waals surface area contributed by atoms with E-state index in [1.54, 1.807) is 12.3 Å². The highest BCUT2D eigenvalue weighted by Crippen LogP contribution is 2.46. The average molecular weight is 219 g/mol. The maximum absolute atomic E-state index is 8.60. The lowest BCUT2D eigenvalue weighted by atomic mass is 10.3. The molecule has 1 fully saturated rings. The number of rotatable bonds is 4. The maximum Gasteiger partial charge on any atom is 0.140 e. The van der Waals surface area contributed by atoms with Crippen molar-refractivity contribution in [1.29, 1.82) is 5.26 Å². The molecule has 0 amide bonds. The van der Waals surface area contributed by atoms with E-state index in [9.17, 15) is 0 Å². The van der Waals surface area contributed by atoms with Gasteiger partial charge in [0.15, 0.2) is 0 Å². The monoisotopic (exact) mass is 219 g/mol. The quantitative estimate of drug-likeness (QED) is 0.844. The topological polar surface area (TPSA) is 48.7 Å². The molecule has 1 aromatic heterocycles. The molecule has 0 aromatic carbocycles. The molecule has 0 radical (unpaired) electrons. The molecule has 0 atom stereocenters. The lowest BCUT2D eigenvalue weighted by molar-refractivity contribution is 0.947. The van der Waals surface area contributed by atoms with Gasteiger partial charge in [0.05, 0.1) is 11.9 Å². The summed E-state index contributed by atoms with van der Waals surface area (Å²) in [5, 5.41) is 12.0. The first-order valence-corrected chi connectivity index (χ1v) is 6.16. The molecule has 1 saturated carbocycles. The van der Waals surface area contributed by atoms with E-state index in [1.165, 1.54) is 12.8 Å². The Balaban J connectivity index is 1.91. The molecule has 4 heteroatoms. The minimum absolute atomic E-state index is 0.452. The van der Waals surface area contributed by atoms with E-state index < -0.39 is 0 Å². The van der Waals surface area contributed by atoms with Crippen molar-refractivity contribution in [3.63, 3.8) is 0 Å². The summed E-state index contributed by atoms with van der Waals surface area (Å²) in [5.41, 5.74) is 1.46. The number of anilines is 1. The second-order valence-corrected chi connectivity index (χ2v) is 5.06. The molecule has 1 aromatic rings. The summed E-state index contributed by atoms with van der Waals surface area (Å²) in [7, 11) is 0. The Labute approximate surface area is 93.9 Å². The van der Waals surface area contributed by atoms with E-state index in [4.69, 9.17) is 5.26 Å². The Hall–Kier alpha value is -1.21. The van der Waals surface area contributed by atoms with Crippen molar-refractivity contribution in [3.8, 4) is 6.07 Å². The Morgan fingerprint density at radius 2 is 2.40 bits per heavy atom. The zero-order chi connectivity index (χ0) is 10.7. The van der Waals surface area contributed by atoms with E-state index in [-0.39, 0.29) is 0 Å². The van der Waals surface area contributed by atoms with Crippen molar-refractivity contribution in [2.24, 2.45) is 0 Å². The molecule has 3 nitrogen and oxygen atoms in total. The summed E-state index contributed by atoms with van der Waals surface area (Å²) in [6.45, 7) is 0.988. The predicted molar refractivity (Wildman–Crippen MR) is 62.9 cm³/mol. The third-order valence-electron chi connectivity index (χ3n) is 2.73. The zero-order valence-corrected chi connectivity index (χ0v) is 9.47. The van der Waals surface area contributed by atoms with Crippen LogP contribution >= 0.6 is 11.8 Å². The van der Waals surface area contributed by atoms with Crippen LogP contribution in [0.4, 0.5) is 5.69 Å². The molecule has 0 unspecified atom stereocenters. The molecule has 15 heavy (non-hydrogen) atoms. The molecule has 2 rings (SSSR count). The fourth-order valence-electron chi connectivity index (χ4n) is 1.42. The average Bonchev–Trinajstić information content (AvgIpc) is 3.08. The van der Waals surface area contributed by atoms with Gasteiger partial charge in [-0.05, 0) is 31.2 Å². The summed E-state index contributed by atoms with van der Waals surface area (Å²) in [6, 6.07) is 5.65. The molecule has 1 aliphatic rings. The Morgan fingerprint density at radius 3 is 2.87 bits per heavy atom. The second kappa shape index (κ2) is 4.11. The molecule has 1 aliphatic carbocycles. The van der Waals surface area contributed by atoms with Crippen LogP contribution in [0.15, 0.2) is 18.3 Å². The highest BCUT2D eigenvalue weighted by molar-refractivity contribution is 8.00. The van der Waals surface area contributed by atoms with Crippen molar-refractivity contribution in [2.45, 2.75) is 17.6 Å². The van der Waals surface area contributed by atoms with Gasteiger partial charge in [-0.3, -0.25) is 0 Å². The molecule has 0 saturated heterocycles. The van der Waals surface area contributed by atoms with Gasteiger partial charge in [0, 0.05) is 11.3 Å². The van der Waals surface area contributed by atoms with E-state index >= 15 is 0 Å². The van der Waals surface area contributed by atoms with Gasteiger partial charge in [0.1, 0.15) is 11.8 Å². The first-order chi connectivity index (χ1) is 7.28. The molecule has 0 bridgehead atoms. The number of hydrogen-bond donors (Lipinski definition) is 1. The van der Waals surface area contributed by atoms with Crippen LogP contribution in [0.5, 0.6) is 0 Å². The number of nitrogens with zero attached hydrogens (tertiary/aromatic N) is 2. The lowest BCUT2D eigenvalue weighted by Gasteiger charge is -2.13. The van der Waals surface area contributed by atoms with Crippen LogP contribution in [-0.4, -0.2) is 22.5 Å². The SMILES string of the molecule is CSC1(CNc2ccc(C#N)nc2)CC1. The fourth-order valence-corrected chi connectivity index (χ4v) is 2.15. The first kappa shape index (κ1) is 10.3. The van der Waals surface area contributed by atoms with Gasteiger partial charge in [-0.15, -0.1) is 0 Å². The van der Waals surface area contributed by atoms with E-state index in [0.717, 1.165) is 12.2 Å². The Morgan fingerprint density at radius 1 is 1.60 bits per heavy atom. The van der Waals surface area contributed by atoms with Crippen molar-refractivity contribution in [2.75, 3.05) is 18.1 Å². The first-order valence-electron chi connectivity index (χ1n) is 4.93. The van der Waals surface area contributed by atoms with E-state index in [2.05, 4.69) is 16.6 Å². The summed E-state index contributed by atoms with van der Waals surface area (Å²) in [6.07, 6.45) is 6.47. The van der Waals surface area contributed by atoms with Crippen molar-refractivity contribution in [3.05, 3.63) is 24.0 Å². The van der Waals surface area contributed by atoms with Crippen LogP contribution in [0, 0.1) is 11.3 Å². The number of nitriles is 1. The van der Waals surface area contributed by atoms with E-state index in [0.29, 0.717) is 10.4 Å². The van der Waals surface area contributed by atoms with Gasteiger partial charge in [0.25, 0.3) is 0 Å². The van der Waals surface area contributed by atoms with Gasteiger partial charge in [0.2, 0.25) is 0 Å². The zero-order valence-electron chi connectivity index (χ0n) is 8.66. The molecule has 78 valence electrons. The van der Waals surface area contributed by atoms with Crippen LogP contribution in [-0.2, 0) is 0 Å². The molecular formula is C11H13N3S. The molecule has 0 aliphatic heterocycles. The molecular weight excluding hydrogens is 206 g/mol. The summed E-state index contributed by atoms with van der Waals surface area (Å²) in [4.78, 5) is 4.01. The lowest BCUT2D eigenvalue weighted by Crippen LogP contribution is -2.17. The molecule has 0 spiro atoms. The number of nitrogens with one attached hydrogen (secondary N) is 1. The highest BCUT2D eigenvalue weighted by Gasteiger charge is 2.41. The van der Waals surface area contributed by atoms with Gasteiger partial charge >= 0.3 is 0 Å². The van der Waals surface area contributed by atoms with Crippen LogP contribution in [0.25, 0.3) is 0 Å². The van der Waals surface area contributed by atoms with E-state index in [1.807, 2.05) is 23.9 Å². The van der Waals surface area contributed by atoms with Crippen molar-refractivity contribution in [1.82, 2.24) is 4.98 Å². The number of aromatic nitrogens is 1. The van der Waals surface area contributed by atoms with Crippen molar-refractivity contribution >= 4 is 17.4 Å². The fraction of sp³-hybridized carbons (Fsp3) is 0.455. The number of pyridine rings is 1. The Kier molecular flexibility index (Phi) is 2.83.